The minimum absolute atomic E-state index is 0.0650. The van der Waals surface area contributed by atoms with Gasteiger partial charge in [0.1, 0.15) is 11.6 Å². The zero-order chi connectivity index (χ0) is 15.9. The van der Waals surface area contributed by atoms with Crippen LogP contribution in [0.1, 0.15) is 38.3 Å². The number of piperazine rings is 1. The molecule has 1 saturated heterocycles. The average Bonchev–Trinajstić information content (AvgIpc) is 2.39. The van der Waals surface area contributed by atoms with Crippen LogP contribution in [0.2, 0.25) is 0 Å². The van der Waals surface area contributed by atoms with Crippen molar-refractivity contribution in [1.29, 1.82) is 0 Å². The van der Waals surface area contributed by atoms with Gasteiger partial charge in [-0.05, 0) is 67.2 Å². The Bertz CT molecular complexity index is 591. The highest BCUT2D eigenvalue weighted by Crippen LogP contribution is 2.36. The number of halogens is 1. The number of aryl methyl sites for hydroxylation is 2. The van der Waals surface area contributed by atoms with Crippen LogP contribution in [0.5, 0.6) is 0 Å². The highest BCUT2D eigenvalue weighted by atomic mass is 79.9. The van der Waals surface area contributed by atoms with Crippen LogP contribution in [0.25, 0.3) is 0 Å². The minimum atomic E-state index is -0.847. The smallest absolute Gasteiger partial charge is 0.253 e. The summed E-state index contributed by atoms with van der Waals surface area (Å²) in [5, 5.41) is 2.85. The fraction of sp³-hybridized carbons (Fsp3) is 0.500. The number of hydrogen-bond acceptors (Lipinski definition) is 2. The first-order valence-electron chi connectivity index (χ1n) is 7.13. The molecule has 1 heterocycles. The molecule has 2 unspecified atom stereocenters. The molecule has 4 nitrogen and oxygen atoms in total. The van der Waals surface area contributed by atoms with Crippen molar-refractivity contribution in [2.45, 2.75) is 52.6 Å². The van der Waals surface area contributed by atoms with Gasteiger partial charge in [-0.2, -0.15) is 0 Å². The van der Waals surface area contributed by atoms with Gasteiger partial charge >= 0.3 is 0 Å². The Labute approximate surface area is 134 Å². The summed E-state index contributed by atoms with van der Waals surface area (Å²) in [6.07, 6.45) is 0.559. The second kappa shape index (κ2) is 5.44. The molecule has 2 rings (SSSR count). The molecule has 2 atom stereocenters. The molecule has 1 aliphatic heterocycles. The van der Waals surface area contributed by atoms with Crippen molar-refractivity contribution in [3.8, 4) is 0 Å². The SMILES string of the molecule is CCC1(C)NC(=O)C(C)N(c2c(C)cc(C)cc2Br)C1=O. The van der Waals surface area contributed by atoms with Gasteiger partial charge in [0.15, 0.2) is 0 Å². The summed E-state index contributed by atoms with van der Waals surface area (Å²) >= 11 is 3.54. The predicted molar refractivity (Wildman–Crippen MR) is 87.4 cm³/mol. The molecule has 114 valence electrons. The van der Waals surface area contributed by atoms with E-state index in [1.165, 1.54) is 0 Å². The van der Waals surface area contributed by atoms with Crippen LogP contribution in [0.3, 0.4) is 0 Å². The van der Waals surface area contributed by atoms with Crippen molar-refractivity contribution in [3.63, 3.8) is 0 Å². The number of anilines is 1. The number of nitrogens with one attached hydrogen (secondary N) is 1. The van der Waals surface area contributed by atoms with Crippen molar-refractivity contribution >= 4 is 33.4 Å². The third kappa shape index (κ3) is 2.59. The zero-order valence-electron chi connectivity index (χ0n) is 13.1. The Hall–Kier alpha value is -1.36. The Balaban J connectivity index is 2.60. The molecule has 0 radical (unpaired) electrons. The lowest BCUT2D eigenvalue weighted by atomic mass is 9.91. The van der Waals surface area contributed by atoms with E-state index in [0.717, 1.165) is 21.3 Å². The quantitative estimate of drug-likeness (QED) is 0.888. The van der Waals surface area contributed by atoms with Gasteiger partial charge in [-0.25, -0.2) is 0 Å². The molecular weight excluding hydrogens is 332 g/mol. The molecule has 0 bridgehead atoms. The minimum Gasteiger partial charge on any atom is -0.340 e. The third-order valence-electron chi connectivity index (χ3n) is 4.20. The number of carbonyl (C=O) groups is 2. The van der Waals surface area contributed by atoms with Gasteiger partial charge < -0.3 is 5.32 Å². The molecule has 5 heteroatoms. The number of amides is 2. The summed E-state index contributed by atoms with van der Waals surface area (Å²) in [7, 11) is 0. The van der Waals surface area contributed by atoms with E-state index in [-0.39, 0.29) is 11.8 Å². The van der Waals surface area contributed by atoms with Gasteiger partial charge in [0.05, 0.1) is 5.69 Å². The Kier molecular flexibility index (Phi) is 4.15. The van der Waals surface area contributed by atoms with Crippen molar-refractivity contribution in [2.75, 3.05) is 4.90 Å². The number of hydrogen-bond donors (Lipinski definition) is 1. The molecule has 0 spiro atoms. The first kappa shape index (κ1) is 16.0. The predicted octanol–water partition coefficient (Wildman–Crippen LogP) is 3.09. The van der Waals surface area contributed by atoms with Crippen LogP contribution >= 0.6 is 15.9 Å². The fourth-order valence-corrected chi connectivity index (χ4v) is 3.60. The average molecular weight is 353 g/mol. The molecule has 0 saturated carbocycles. The van der Waals surface area contributed by atoms with Crippen molar-refractivity contribution in [3.05, 3.63) is 27.7 Å². The van der Waals surface area contributed by atoms with Crippen LogP contribution in [0, 0.1) is 13.8 Å². The summed E-state index contributed by atoms with van der Waals surface area (Å²) < 4.78 is 0.841. The lowest BCUT2D eigenvalue weighted by Crippen LogP contribution is -2.68. The van der Waals surface area contributed by atoms with Crippen molar-refractivity contribution in [1.82, 2.24) is 5.32 Å². The van der Waals surface area contributed by atoms with Crippen LogP contribution in [-0.2, 0) is 9.59 Å². The first-order valence-corrected chi connectivity index (χ1v) is 7.93. The Morgan fingerprint density at radius 2 is 1.95 bits per heavy atom. The van der Waals surface area contributed by atoms with E-state index in [1.54, 1.807) is 18.7 Å². The number of benzene rings is 1. The van der Waals surface area contributed by atoms with Crippen LogP contribution < -0.4 is 10.2 Å². The zero-order valence-corrected chi connectivity index (χ0v) is 14.7. The molecule has 1 aromatic carbocycles. The lowest BCUT2D eigenvalue weighted by Gasteiger charge is -2.43. The van der Waals surface area contributed by atoms with E-state index >= 15 is 0 Å². The summed E-state index contributed by atoms with van der Waals surface area (Å²) in [5.41, 5.74) is 2.03. The first-order chi connectivity index (χ1) is 9.71. The highest BCUT2D eigenvalue weighted by Gasteiger charge is 2.46. The molecular formula is C16H21BrN2O2. The van der Waals surface area contributed by atoms with E-state index in [4.69, 9.17) is 0 Å². The van der Waals surface area contributed by atoms with Gasteiger partial charge in [0.2, 0.25) is 5.91 Å². The second-order valence-electron chi connectivity index (χ2n) is 5.94. The Morgan fingerprint density at radius 1 is 1.33 bits per heavy atom. The van der Waals surface area contributed by atoms with Crippen molar-refractivity contribution < 1.29 is 9.59 Å². The van der Waals surface area contributed by atoms with Gasteiger partial charge in [-0.3, -0.25) is 14.5 Å². The molecule has 0 aromatic heterocycles. The monoisotopic (exact) mass is 352 g/mol. The standard InChI is InChI=1S/C16H21BrN2O2/c1-6-16(5)15(21)19(11(4)14(20)18-16)13-10(3)7-9(2)8-12(13)17/h7-8,11H,6H2,1-5H3,(H,18,20). The lowest BCUT2D eigenvalue weighted by molar-refractivity contribution is -0.137. The molecule has 2 amide bonds. The molecule has 1 fully saturated rings. The van der Waals surface area contributed by atoms with Crippen molar-refractivity contribution in [2.24, 2.45) is 0 Å². The highest BCUT2D eigenvalue weighted by molar-refractivity contribution is 9.10. The molecule has 21 heavy (non-hydrogen) atoms. The van der Waals surface area contributed by atoms with Gasteiger partial charge in [-0.15, -0.1) is 0 Å². The largest absolute Gasteiger partial charge is 0.340 e. The maximum Gasteiger partial charge on any atom is 0.253 e. The third-order valence-corrected chi connectivity index (χ3v) is 4.81. The summed E-state index contributed by atoms with van der Waals surface area (Å²) in [6, 6.07) is 3.48. The van der Waals surface area contributed by atoms with E-state index in [0.29, 0.717) is 6.42 Å². The van der Waals surface area contributed by atoms with Crippen LogP contribution in [0.15, 0.2) is 16.6 Å². The van der Waals surface area contributed by atoms with Gasteiger partial charge in [-0.1, -0.05) is 13.0 Å². The number of rotatable bonds is 2. The van der Waals surface area contributed by atoms with E-state index in [1.807, 2.05) is 32.9 Å². The van der Waals surface area contributed by atoms with Gasteiger partial charge in [0.25, 0.3) is 5.91 Å². The maximum absolute atomic E-state index is 12.9. The topological polar surface area (TPSA) is 49.4 Å². The number of carbonyl (C=O) groups excluding carboxylic acids is 2. The summed E-state index contributed by atoms with van der Waals surface area (Å²) in [5.74, 6) is -0.185. The molecule has 1 aromatic rings. The van der Waals surface area contributed by atoms with Gasteiger partial charge in [0, 0.05) is 4.47 Å². The van der Waals surface area contributed by atoms with E-state index in [2.05, 4.69) is 21.2 Å². The van der Waals surface area contributed by atoms with E-state index < -0.39 is 11.6 Å². The Morgan fingerprint density at radius 3 is 2.48 bits per heavy atom. The van der Waals surface area contributed by atoms with Crippen LogP contribution in [-0.4, -0.2) is 23.4 Å². The summed E-state index contributed by atoms with van der Waals surface area (Å²) in [6.45, 7) is 9.41. The fourth-order valence-electron chi connectivity index (χ4n) is 2.74. The molecule has 1 aliphatic rings. The molecule has 0 aliphatic carbocycles. The number of nitrogens with zero attached hydrogens (tertiary/aromatic N) is 1. The second-order valence-corrected chi connectivity index (χ2v) is 6.79. The normalized spacial score (nSPS) is 26.0. The maximum atomic E-state index is 12.9. The summed E-state index contributed by atoms with van der Waals surface area (Å²) in [4.78, 5) is 26.8. The van der Waals surface area contributed by atoms with E-state index in [9.17, 15) is 9.59 Å². The molecule has 1 N–H and O–H groups in total. The van der Waals surface area contributed by atoms with Crippen LogP contribution in [0.4, 0.5) is 5.69 Å².